The lowest BCUT2D eigenvalue weighted by molar-refractivity contribution is 0.506. The molecule has 1 N–H and O–H groups in total. The molecule has 4 heteroatoms. The van der Waals surface area contributed by atoms with Crippen molar-refractivity contribution in [1.82, 2.24) is 5.32 Å². The fourth-order valence-corrected chi connectivity index (χ4v) is 3.14. The summed E-state index contributed by atoms with van der Waals surface area (Å²) in [5.74, 6) is -0.600. The van der Waals surface area contributed by atoms with E-state index in [9.17, 15) is 8.78 Å². The largest absolute Gasteiger partial charge is 0.314 e. The Morgan fingerprint density at radius 1 is 1.17 bits per heavy atom. The first kappa shape index (κ1) is 13.8. The first-order valence-electron chi connectivity index (χ1n) is 6.57. The van der Waals surface area contributed by atoms with Gasteiger partial charge in [0.2, 0.25) is 0 Å². The zero-order valence-electron chi connectivity index (χ0n) is 10.4. The van der Waals surface area contributed by atoms with Crippen LogP contribution in [-0.2, 0) is 0 Å². The maximum absolute atomic E-state index is 13.0. The van der Waals surface area contributed by atoms with Crippen LogP contribution in [0.4, 0.5) is 8.78 Å². The van der Waals surface area contributed by atoms with Crippen molar-refractivity contribution >= 4 is 11.8 Å². The molecule has 0 amide bonds. The predicted octanol–water partition coefficient (Wildman–Crippen LogP) is 3.98. The molecule has 1 aliphatic carbocycles. The van der Waals surface area contributed by atoms with Crippen molar-refractivity contribution in [2.45, 2.75) is 43.0 Å². The van der Waals surface area contributed by atoms with Crippen molar-refractivity contribution in [1.29, 1.82) is 0 Å². The number of benzene rings is 1. The molecular weight excluding hydrogens is 252 g/mol. The van der Waals surface area contributed by atoms with Crippen LogP contribution in [0.2, 0.25) is 0 Å². The van der Waals surface area contributed by atoms with Gasteiger partial charge in [0.25, 0.3) is 0 Å². The summed E-state index contributed by atoms with van der Waals surface area (Å²) in [6, 6.07) is 4.80. The van der Waals surface area contributed by atoms with Gasteiger partial charge in [0, 0.05) is 10.9 Å². The average Bonchev–Trinajstić information content (AvgIpc) is 2.86. The van der Waals surface area contributed by atoms with Crippen molar-refractivity contribution in [2.75, 3.05) is 12.3 Å². The van der Waals surface area contributed by atoms with E-state index in [1.165, 1.54) is 37.8 Å². The summed E-state index contributed by atoms with van der Waals surface area (Å²) >= 11 is 1.58. The maximum atomic E-state index is 13.0. The molecule has 2 rings (SSSR count). The Balaban J connectivity index is 1.61. The van der Waals surface area contributed by atoms with Crippen molar-refractivity contribution in [3.8, 4) is 0 Å². The summed E-state index contributed by atoms with van der Waals surface area (Å²) in [5.41, 5.74) is 0. The van der Waals surface area contributed by atoms with E-state index in [1.54, 1.807) is 17.8 Å². The fraction of sp³-hybridized carbons (Fsp3) is 0.571. The van der Waals surface area contributed by atoms with Crippen LogP contribution in [0.5, 0.6) is 0 Å². The summed E-state index contributed by atoms with van der Waals surface area (Å²) in [5, 5.41) is 3.54. The molecule has 18 heavy (non-hydrogen) atoms. The van der Waals surface area contributed by atoms with Gasteiger partial charge in [-0.25, -0.2) is 8.78 Å². The highest BCUT2D eigenvalue weighted by Gasteiger charge is 2.13. The third-order valence-electron chi connectivity index (χ3n) is 3.27. The molecule has 1 fully saturated rings. The minimum absolute atomic E-state index is 0.707. The Morgan fingerprint density at radius 3 is 2.67 bits per heavy atom. The van der Waals surface area contributed by atoms with Gasteiger partial charge in [-0.3, -0.25) is 0 Å². The topological polar surface area (TPSA) is 12.0 Å². The van der Waals surface area contributed by atoms with Crippen LogP contribution < -0.4 is 5.32 Å². The minimum Gasteiger partial charge on any atom is -0.314 e. The lowest BCUT2D eigenvalue weighted by Crippen LogP contribution is -2.27. The van der Waals surface area contributed by atoms with E-state index in [1.807, 2.05) is 0 Å². The molecule has 0 unspecified atom stereocenters. The van der Waals surface area contributed by atoms with Crippen molar-refractivity contribution in [2.24, 2.45) is 0 Å². The molecule has 1 aliphatic rings. The van der Waals surface area contributed by atoms with Crippen LogP contribution >= 0.6 is 11.8 Å². The van der Waals surface area contributed by atoms with Crippen LogP contribution in [0.3, 0.4) is 0 Å². The van der Waals surface area contributed by atoms with Crippen molar-refractivity contribution in [3.63, 3.8) is 0 Å². The molecule has 0 aromatic heterocycles. The zero-order valence-corrected chi connectivity index (χ0v) is 11.2. The van der Waals surface area contributed by atoms with Gasteiger partial charge in [-0.05, 0) is 49.8 Å². The zero-order chi connectivity index (χ0) is 12.8. The molecule has 1 aromatic rings. The highest BCUT2D eigenvalue weighted by molar-refractivity contribution is 7.99. The SMILES string of the molecule is Fc1ccc(SCCCNC2CCCC2)cc1F. The Labute approximate surface area is 111 Å². The van der Waals surface area contributed by atoms with E-state index in [0.717, 1.165) is 23.6 Å². The lowest BCUT2D eigenvalue weighted by atomic mass is 10.2. The second kappa shape index (κ2) is 7.10. The Hall–Kier alpha value is -0.610. The van der Waals surface area contributed by atoms with Gasteiger partial charge in [-0.15, -0.1) is 11.8 Å². The molecule has 0 heterocycles. The highest BCUT2D eigenvalue weighted by atomic mass is 32.2. The second-order valence-electron chi connectivity index (χ2n) is 4.71. The van der Waals surface area contributed by atoms with E-state index >= 15 is 0 Å². The van der Waals surface area contributed by atoms with E-state index in [0.29, 0.717) is 6.04 Å². The third kappa shape index (κ3) is 4.25. The number of hydrogen-bond donors (Lipinski definition) is 1. The molecule has 0 saturated heterocycles. The number of nitrogens with one attached hydrogen (secondary N) is 1. The van der Waals surface area contributed by atoms with Gasteiger partial charge in [-0.2, -0.15) is 0 Å². The van der Waals surface area contributed by atoms with E-state index in [4.69, 9.17) is 0 Å². The van der Waals surface area contributed by atoms with Gasteiger partial charge in [0.1, 0.15) is 0 Å². The fourth-order valence-electron chi connectivity index (χ4n) is 2.26. The second-order valence-corrected chi connectivity index (χ2v) is 5.88. The quantitative estimate of drug-likeness (QED) is 0.620. The van der Waals surface area contributed by atoms with Gasteiger partial charge in [-0.1, -0.05) is 12.8 Å². The first-order chi connectivity index (χ1) is 8.75. The van der Waals surface area contributed by atoms with Gasteiger partial charge >= 0.3 is 0 Å². The highest BCUT2D eigenvalue weighted by Crippen LogP contribution is 2.21. The Bertz CT molecular complexity index is 378. The molecule has 0 aliphatic heterocycles. The first-order valence-corrected chi connectivity index (χ1v) is 7.55. The number of rotatable bonds is 6. The van der Waals surface area contributed by atoms with Crippen LogP contribution in [-0.4, -0.2) is 18.3 Å². The van der Waals surface area contributed by atoms with E-state index < -0.39 is 11.6 Å². The molecular formula is C14H19F2NS. The predicted molar refractivity (Wildman–Crippen MR) is 72.0 cm³/mol. The molecule has 100 valence electrons. The van der Waals surface area contributed by atoms with Crippen molar-refractivity contribution in [3.05, 3.63) is 29.8 Å². The summed E-state index contributed by atoms with van der Waals surface area (Å²) in [4.78, 5) is 0.801. The van der Waals surface area contributed by atoms with Crippen LogP contribution in [0.15, 0.2) is 23.1 Å². The smallest absolute Gasteiger partial charge is 0.159 e. The number of hydrogen-bond acceptors (Lipinski definition) is 2. The minimum atomic E-state index is -0.776. The summed E-state index contributed by atoms with van der Waals surface area (Å²) in [7, 11) is 0. The lowest BCUT2D eigenvalue weighted by Gasteiger charge is -2.11. The standard InChI is InChI=1S/C14H19F2NS/c15-13-7-6-12(10-14(13)16)18-9-3-8-17-11-4-1-2-5-11/h6-7,10-11,17H,1-5,8-9H2. The molecule has 0 atom stereocenters. The number of thioether (sulfide) groups is 1. The molecule has 1 aromatic carbocycles. The summed E-state index contributed by atoms with van der Waals surface area (Å²) < 4.78 is 25.7. The van der Waals surface area contributed by atoms with Crippen LogP contribution in [0.25, 0.3) is 0 Å². The van der Waals surface area contributed by atoms with Crippen molar-refractivity contribution < 1.29 is 8.78 Å². The van der Waals surface area contributed by atoms with Crippen LogP contribution in [0, 0.1) is 11.6 Å². The summed E-state index contributed by atoms with van der Waals surface area (Å²) in [6.45, 7) is 1.02. The molecule has 0 bridgehead atoms. The maximum Gasteiger partial charge on any atom is 0.159 e. The average molecular weight is 271 g/mol. The third-order valence-corrected chi connectivity index (χ3v) is 4.35. The summed E-state index contributed by atoms with van der Waals surface area (Å²) in [6.07, 6.45) is 6.36. The molecule has 1 nitrogen and oxygen atoms in total. The molecule has 0 spiro atoms. The van der Waals surface area contributed by atoms with Gasteiger partial charge in [0.05, 0.1) is 0 Å². The molecule has 1 saturated carbocycles. The van der Waals surface area contributed by atoms with Gasteiger partial charge in [0.15, 0.2) is 11.6 Å². The Kier molecular flexibility index (Phi) is 5.45. The van der Waals surface area contributed by atoms with E-state index in [-0.39, 0.29) is 0 Å². The normalized spacial score (nSPS) is 16.3. The van der Waals surface area contributed by atoms with Crippen LogP contribution in [0.1, 0.15) is 32.1 Å². The number of halogens is 2. The Morgan fingerprint density at radius 2 is 1.94 bits per heavy atom. The molecule has 0 radical (unpaired) electrons. The van der Waals surface area contributed by atoms with Gasteiger partial charge < -0.3 is 5.32 Å². The van der Waals surface area contributed by atoms with E-state index in [2.05, 4.69) is 5.32 Å². The monoisotopic (exact) mass is 271 g/mol.